The van der Waals surface area contributed by atoms with Crippen LogP contribution in [0.3, 0.4) is 0 Å². The van der Waals surface area contributed by atoms with E-state index in [0.29, 0.717) is 23.0 Å². The topological polar surface area (TPSA) is 53.2 Å². The Hall–Kier alpha value is -2.89. The first-order valence-corrected chi connectivity index (χ1v) is 8.47. The fourth-order valence-electron chi connectivity index (χ4n) is 3.04. The summed E-state index contributed by atoms with van der Waals surface area (Å²) in [5.41, 5.74) is 0.471. The van der Waals surface area contributed by atoms with E-state index in [9.17, 15) is 14.0 Å². The Morgan fingerprint density at radius 3 is 2.46 bits per heavy atom. The Labute approximate surface area is 150 Å². The first kappa shape index (κ1) is 17.9. The third-order valence-corrected chi connectivity index (χ3v) is 4.24. The number of nitrogens with zero attached hydrogens (tertiary/aromatic N) is 2. The number of hydrogen-bond acceptors (Lipinski definition) is 3. The maximum Gasteiger partial charge on any atom is 0.331 e. The third-order valence-electron chi connectivity index (χ3n) is 4.24. The van der Waals surface area contributed by atoms with Crippen molar-refractivity contribution < 1.29 is 9.13 Å². The molecule has 0 unspecified atom stereocenters. The Morgan fingerprint density at radius 1 is 1.08 bits per heavy atom. The molecule has 0 aliphatic carbocycles. The number of halogens is 1. The van der Waals surface area contributed by atoms with Gasteiger partial charge in [0.05, 0.1) is 24.6 Å². The minimum absolute atomic E-state index is 0.147. The van der Waals surface area contributed by atoms with Crippen LogP contribution in [0.2, 0.25) is 0 Å². The van der Waals surface area contributed by atoms with E-state index in [1.807, 2.05) is 13.8 Å². The average Bonchev–Trinajstić information content (AvgIpc) is 2.62. The molecule has 0 N–H and O–H groups in total. The highest BCUT2D eigenvalue weighted by Crippen LogP contribution is 2.19. The van der Waals surface area contributed by atoms with Gasteiger partial charge in [0.1, 0.15) is 0 Å². The summed E-state index contributed by atoms with van der Waals surface area (Å²) in [7, 11) is 1.40. The lowest BCUT2D eigenvalue weighted by Gasteiger charge is -2.15. The number of hydrogen-bond donors (Lipinski definition) is 0. The molecule has 1 heterocycles. The number of aromatic nitrogens is 2. The van der Waals surface area contributed by atoms with Crippen molar-refractivity contribution in [2.45, 2.75) is 26.9 Å². The van der Waals surface area contributed by atoms with Crippen LogP contribution < -0.4 is 16.0 Å². The van der Waals surface area contributed by atoms with E-state index in [1.54, 1.807) is 30.3 Å². The molecule has 1 aromatic heterocycles. The summed E-state index contributed by atoms with van der Waals surface area (Å²) in [6, 6.07) is 11.6. The molecule has 0 spiro atoms. The lowest BCUT2D eigenvalue weighted by Crippen LogP contribution is -2.41. The van der Waals surface area contributed by atoms with E-state index in [1.165, 1.54) is 28.4 Å². The first-order valence-electron chi connectivity index (χ1n) is 8.47. The van der Waals surface area contributed by atoms with Gasteiger partial charge in [0.2, 0.25) is 0 Å². The summed E-state index contributed by atoms with van der Waals surface area (Å²) in [5.74, 6) is -0.193. The quantitative estimate of drug-likeness (QED) is 0.706. The van der Waals surface area contributed by atoms with Crippen LogP contribution in [0, 0.1) is 11.7 Å². The molecule has 26 heavy (non-hydrogen) atoms. The molecule has 3 rings (SSSR count). The minimum Gasteiger partial charge on any atom is -0.494 e. The van der Waals surface area contributed by atoms with E-state index >= 15 is 0 Å². The normalized spacial score (nSPS) is 11.3. The predicted molar refractivity (Wildman–Crippen MR) is 99.4 cm³/mol. The largest absolute Gasteiger partial charge is 0.494 e. The average molecular weight is 356 g/mol. The highest BCUT2D eigenvalue weighted by molar-refractivity contribution is 5.77. The summed E-state index contributed by atoms with van der Waals surface area (Å²) in [5, 5.41) is 0.474. The highest BCUT2D eigenvalue weighted by Gasteiger charge is 2.14. The van der Waals surface area contributed by atoms with Crippen molar-refractivity contribution in [1.29, 1.82) is 0 Å². The van der Waals surface area contributed by atoms with Gasteiger partial charge in [-0.05, 0) is 35.7 Å². The molecule has 3 aromatic rings. The number of ether oxygens (including phenoxy) is 1. The van der Waals surface area contributed by atoms with Gasteiger partial charge in [-0.25, -0.2) is 9.18 Å². The van der Waals surface area contributed by atoms with Gasteiger partial charge >= 0.3 is 5.69 Å². The smallest absolute Gasteiger partial charge is 0.331 e. The number of benzene rings is 2. The molecule has 0 radical (unpaired) electrons. The molecule has 0 atom stereocenters. The van der Waals surface area contributed by atoms with E-state index in [2.05, 4.69) is 0 Å². The second kappa shape index (κ2) is 7.15. The van der Waals surface area contributed by atoms with Crippen molar-refractivity contribution >= 4 is 10.9 Å². The lowest BCUT2D eigenvalue weighted by molar-refractivity contribution is 0.386. The Bertz CT molecular complexity index is 1070. The molecule has 0 saturated heterocycles. The molecule has 0 fully saturated rings. The SMILES string of the molecule is COc1ccc(Cn2c(=O)n(CC(C)C)c(=O)c3ccccc32)cc1F. The van der Waals surface area contributed by atoms with E-state index in [0.717, 1.165) is 0 Å². The molecule has 0 amide bonds. The van der Waals surface area contributed by atoms with Gasteiger partial charge in [-0.2, -0.15) is 0 Å². The fraction of sp³-hybridized carbons (Fsp3) is 0.300. The summed E-state index contributed by atoms with van der Waals surface area (Å²) < 4.78 is 21.7. The molecular weight excluding hydrogens is 335 g/mol. The van der Waals surface area contributed by atoms with E-state index in [4.69, 9.17) is 4.74 Å². The van der Waals surface area contributed by atoms with Gasteiger partial charge in [0.15, 0.2) is 11.6 Å². The van der Waals surface area contributed by atoms with Gasteiger partial charge in [-0.3, -0.25) is 13.9 Å². The molecule has 0 aliphatic heterocycles. The Kier molecular flexibility index (Phi) is 4.93. The lowest BCUT2D eigenvalue weighted by atomic mass is 10.1. The summed E-state index contributed by atoms with van der Waals surface area (Å²) in [6.07, 6.45) is 0. The molecule has 2 aromatic carbocycles. The van der Waals surface area contributed by atoms with Gasteiger partial charge in [-0.1, -0.05) is 32.0 Å². The zero-order valence-corrected chi connectivity index (χ0v) is 15.0. The van der Waals surface area contributed by atoms with Crippen molar-refractivity contribution in [2.24, 2.45) is 5.92 Å². The van der Waals surface area contributed by atoms with Crippen molar-refractivity contribution in [3.05, 3.63) is 74.7 Å². The molecule has 0 bridgehead atoms. The van der Waals surface area contributed by atoms with E-state index < -0.39 is 11.5 Å². The van der Waals surface area contributed by atoms with Crippen LogP contribution in [-0.4, -0.2) is 16.2 Å². The van der Waals surface area contributed by atoms with Crippen LogP contribution in [0.1, 0.15) is 19.4 Å². The van der Waals surface area contributed by atoms with Crippen molar-refractivity contribution in [3.63, 3.8) is 0 Å². The monoisotopic (exact) mass is 356 g/mol. The molecule has 5 nitrogen and oxygen atoms in total. The van der Waals surface area contributed by atoms with E-state index in [-0.39, 0.29) is 23.8 Å². The molecule has 136 valence electrons. The van der Waals surface area contributed by atoms with Gasteiger partial charge in [-0.15, -0.1) is 0 Å². The first-order chi connectivity index (χ1) is 12.4. The minimum atomic E-state index is -0.488. The maximum atomic E-state index is 14.0. The van der Waals surface area contributed by atoms with Gasteiger partial charge in [0, 0.05) is 6.54 Å². The van der Waals surface area contributed by atoms with Crippen LogP contribution in [0.15, 0.2) is 52.1 Å². The zero-order chi connectivity index (χ0) is 18.8. The number of para-hydroxylation sites is 1. The van der Waals surface area contributed by atoms with Crippen molar-refractivity contribution in [3.8, 4) is 5.75 Å². The summed E-state index contributed by atoms with van der Waals surface area (Å²) in [4.78, 5) is 25.7. The zero-order valence-electron chi connectivity index (χ0n) is 15.0. The molecule has 0 saturated carbocycles. The van der Waals surface area contributed by atoms with Gasteiger partial charge < -0.3 is 4.74 Å². The Morgan fingerprint density at radius 2 is 1.81 bits per heavy atom. The maximum absolute atomic E-state index is 14.0. The summed E-state index contributed by atoms with van der Waals surface area (Å²) >= 11 is 0. The van der Waals surface area contributed by atoms with Gasteiger partial charge in [0.25, 0.3) is 5.56 Å². The third kappa shape index (κ3) is 3.27. The van der Waals surface area contributed by atoms with Crippen LogP contribution in [0.4, 0.5) is 4.39 Å². The van der Waals surface area contributed by atoms with Crippen LogP contribution >= 0.6 is 0 Å². The Balaban J connectivity index is 2.20. The second-order valence-corrected chi connectivity index (χ2v) is 6.66. The van der Waals surface area contributed by atoms with Crippen LogP contribution in [-0.2, 0) is 13.1 Å². The van der Waals surface area contributed by atoms with Crippen molar-refractivity contribution in [1.82, 2.24) is 9.13 Å². The standard InChI is InChI=1S/C20H21FN2O3/c1-13(2)11-23-19(24)15-6-4-5-7-17(15)22(20(23)25)12-14-8-9-18(26-3)16(21)10-14/h4-10,13H,11-12H2,1-3H3. The molecular formula is C20H21FN2O3. The highest BCUT2D eigenvalue weighted by atomic mass is 19.1. The van der Waals surface area contributed by atoms with Crippen LogP contribution in [0.5, 0.6) is 5.75 Å². The number of rotatable bonds is 5. The van der Waals surface area contributed by atoms with Crippen molar-refractivity contribution in [2.75, 3.05) is 7.11 Å². The second-order valence-electron chi connectivity index (χ2n) is 6.66. The van der Waals surface area contributed by atoms with Crippen LogP contribution in [0.25, 0.3) is 10.9 Å². The predicted octanol–water partition coefficient (Wildman–Crippen LogP) is 3.02. The fourth-order valence-corrected chi connectivity index (χ4v) is 3.04. The number of methoxy groups -OCH3 is 1. The summed E-state index contributed by atoms with van der Waals surface area (Å²) in [6.45, 7) is 4.40. The number of fused-ring (bicyclic) bond motifs is 1. The molecule has 0 aliphatic rings. The molecule has 6 heteroatoms.